The molecule has 0 radical (unpaired) electrons. The first-order chi connectivity index (χ1) is 8.39. The van der Waals surface area contributed by atoms with Crippen LogP contribution in [-0.2, 0) is 0 Å². The Morgan fingerprint density at radius 2 is 1.67 bits per heavy atom. The molecule has 0 fully saturated rings. The zero-order valence-corrected chi connectivity index (χ0v) is 11.7. The Bertz CT molecular complexity index is 467. The summed E-state index contributed by atoms with van der Waals surface area (Å²) >= 11 is 0. The van der Waals surface area contributed by atoms with Gasteiger partial charge in [0.2, 0.25) is 0 Å². The van der Waals surface area contributed by atoms with Gasteiger partial charge in [0.25, 0.3) is 0 Å². The van der Waals surface area contributed by atoms with Crippen molar-refractivity contribution in [2.24, 2.45) is 15.9 Å². The minimum Gasteiger partial charge on any atom is -0.279 e. The predicted octanol–water partition coefficient (Wildman–Crippen LogP) is 4.47. The summed E-state index contributed by atoms with van der Waals surface area (Å²) in [6, 6.07) is 10.1. The number of hydrogen-bond acceptors (Lipinski definition) is 2. The first-order valence-corrected chi connectivity index (χ1v) is 6.48. The zero-order chi connectivity index (χ0) is 13.2. The van der Waals surface area contributed by atoms with Crippen LogP contribution in [0.1, 0.15) is 34.1 Å². The van der Waals surface area contributed by atoms with Crippen LogP contribution >= 0.6 is 0 Å². The molecule has 0 amide bonds. The van der Waals surface area contributed by atoms with Crippen molar-refractivity contribution in [1.29, 1.82) is 0 Å². The van der Waals surface area contributed by atoms with Crippen molar-refractivity contribution >= 4 is 11.4 Å². The Balaban J connectivity index is 2.19. The van der Waals surface area contributed by atoms with Crippen LogP contribution in [0.25, 0.3) is 0 Å². The number of allylic oxidation sites excluding steroid dienone is 2. The third-order valence-corrected chi connectivity index (χ3v) is 3.41. The van der Waals surface area contributed by atoms with Gasteiger partial charge in [-0.05, 0) is 24.0 Å². The molecule has 1 aromatic carbocycles. The van der Waals surface area contributed by atoms with Gasteiger partial charge in [0.05, 0.1) is 5.69 Å². The minimum atomic E-state index is 0.0390. The molecule has 0 saturated carbocycles. The average molecular weight is 242 g/mol. The summed E-state index contributed by atoms with van der Waals surface area (Å²) in [4.78, 5) is 0. The Hall–Kier alpha value is -1.57. The lowest BCUT2D eigenvalue weighted by molar-refractivity contribution is 0.452. The number of anilines is 1. The van der Waals surface area contributed by atoms with Gasteiger partial charge in [0, 0.05) is 11.1 Å². The average Bonchev–Trinajstić information content (AvgIpc) is 2.32. The Kier molecular flexibility index (Phi) is 3.29. The molecule has 2 heteroatoms. The first-order valence-electron chi connectivity index (χ1n) is 6.48. The van der Waals surface area contributed by atoms with E-state index in [4.69, 9.17) is 0 Å². The summed E-state index contributed by atoms with van der Waals surface area (Å²) in [7, 11) is 0. The largest absolute Gasteiger partial charge is 0.279 e. The first kappa shape index (κ1) is 12.9. The van der Waals surface area contributed by atoms with Crippen LogP contribution in [0, 0.1) is 10.8 Å². The maximum Gasteiger partial charge on any atom is 0.0561 e. The highest BCUT2D eigenvalue weighted by Gasteiger charge is 2.32. The molecule has 0 atom stereocenters. The van der Waals surface area contributed by atoms with E-state index in [2.05, 4.69) is 50.4 Å². The fraction of sp³-hybridized carbons (Fsp3) is 0.438. The van der Waals surface area contributed by atoms with Gasteiger partial charge in [-0.2, -0.15) is 5.10 Å². The van der Waals surface area contributed by atoms with Gasteiger partial charge >= 0.3 is 0 Å². The highest BCUT2D eigenvalue weighted by atomic mass is 15.3. The predicted molar refractivity (Wildman–Crippen MR) is 78.8 cm³/mol. The number of para-hydroxylation sites is 1. The van der Waals surface area contributed by atoms with E-state index >= 15 is 0 Å². The number of hydrazone groups is 1. The van der Waals surface area contributed by atoms with E-state index in [1.807, 2.05) is 30.3 Å². The Morgan fingerprint density at radius 3 is 2.33 bits per heavy atom. The minimum absolute atomic E-state index is 0.0390. The van der Waals surface area contributed by atoms with Crippen molar-refractivity contribution in [3.63, 3.8) is 0 Å². The molecule has 0 heterocycles. The molecule has 0 aromatic heterocycles. The van der Waals surface area contributed by atoms with Crippen molar-refractivity contribution < 1.29 is 0 Å². The van der Waals surface area contributed by atoms with E-state index in [9.17, 15) is 0 Å². The van der Waals surface area contributed by atoms with Crippen molar-refractivity contribution in [2.75, 3.05) is 5.43 Å². The van der Waals surface area contributed by atoms with Crippen LogP contribution in [0.15, 0.2) is 47.6 Å². The molecule has 0 saturated heterocycles. The molecule has 0 spiro atoms. The van der Waals surface area contributed by atoms with Crippen molar-refractivity contribution in [1.82, 2.24) is 0 Å². The van der Waals surface area contributed by atoms with Gasteiger partial charge in [0.1, 0.15) is 0 Å². The molecular formula is C16H22N2. The SMILES string of the molecule is CC1(C)C=CC(C)(C)C(=NNc2ccccc2)C1. The smallest absolute Gasteiger partial charge is 0.0561 e. The zero-order valence-electron chi connectivity index (χ0n) is 11.7. The van der Waals surface area contributed by atoms with E-state index < -0.39 is 0 Å². The molecule has 2 nitrogen and oxygen atoms in total. The fourth-order valence-electron chi connectivity index (χ4n) is 2.08. The molecule has 1 N–H and O–H groups in total. The monoisotopic (exact) mass is 242 g/mol. The molecule has 1 aliphatic carbocycles. The van der Waals surface area contributed by atoms with Crippen molar-refractivity contribution in [3.05, 3.63) is 42.5 Å². The fourth-order valence-corrected chi connectivity index (χ4v) is 2.08. The quantitative estimate of drug-likeness (QED) is 0.600. The topological polar surface area (TPSA) is 24.4 Å². The summed E-state index contributed by atoms with van der Waals surface area (Å²) < 4.78 is 0. The molecule has 0 bridgehead atoms. The van der Waals surface area contributed by atoms with E-state index in [0.29, 0.717) is 0 Å². The molecule has 96 valence electrons. The Labute approximate surface area is 110 Å². The maximum absolute atomic E-state index is 4.62. The van der Waals surface area contributed by atoms with Crippen molar-refractivity contribution in [2.45, 2.75) is 34.1 Å². The summed E-state index contributed by atoms with van der Waals surface area (Å²) in [5.41, 5.74) is 5.64. The standard InChI is InChI=1S/C16H22N2/c1-15(2)10-11-16(3,4)14(12-15)18-17-13-8-6-5-7-9-13/h5-11,17H,12H2,1-4H3. The van der Waals surface area contributed by atoms with Crippen LogP contribution in [0.3, 0.4) is 0 Å². The van der Waals surface area contributed by atoms with Crippen molar-refractivity contribution in [3.8, 4) is 0 Å². The molecule has 1 aromatic rings. The van der Waals surface area contributed by atoms with E-state index in [-0.39, 0.29) is 10.8 Å². The number of nitrogens with one attached hydrogen (secondary N) is 1. The number of nitrogens with zero attached hydrogens (tertiary/aromatic N) is 1. The molecular weight excluding hydrogens is 220 g/mol. The van der Waals surface area contributed by atoms with Crippen LogP contribution in [-0.4, -0.2) is 5.71 Å². The van der Waals surface area contributed by atoms with Crippen LogP contribution in [0.2, 0.25) is 0 Å². The molecule has 2 rings (SSSR count). The lowest BCUT2D eigenvalue weighted by Gasteiger charge is -2.34. The molecule has 1 aliphatic rings. The second-order valence-electron chi connectivity index (χ2n) is 6.26. The molecule has 0 unspecified atom stereocenters. The second-order valence-corrected chi connectivity index (χ2v) is 6.26. The van der Waals surface area contributed by atoms with E-state index in [1.165, 1.54) is 5.71 Å². The summed E-state index contributed by atoms with van der Waals surface area (Å²) in [5.74, 6) is 0. The summed E-state index contributed by atoms with van der Waals surface area (Å²) in [5, 5.41) is 4.62. The lowest BCUT2D eigenvalue weighted by Crippen LogP contribution is -2.32. The number of benzene rings is 1. The normalized spacial score (nSPS) is 23.0. The van der Waals surface area contributed by atoms with E-state index in [0.717, 1.165) is 12.1 Å². The van der Waals surface area contributed by atoms with Gasteiger partial charge in [-0.15, -0.1) is 0 Å². The maximum atomic E-state index is 4.62. The summed E-state index contributed by atoms with van der Waals surface area (Å²) in [6.07, 6.45) is 5.56. The second kappa shape index (κ2) is 4.60. The third kappa shape index (κ3) is 3.00. The third-order valence-electron chi connectivity index (χ3n) is 3.41. The number of rotatable bonds is 2. The number of hydrogen-bond donors (Lipinski definition) is 1. The van der Waals surface area contributed by atoms with Gasteiger partial charge in [-0.25, -0.2) is 0 Å². The van der Waals surface area contributed by atoms with Gasteiger partial charge < -0.3 is 0 Å². The van der Waals surface area contributed by atoms with Crippen LogP contribution in [0.4, 0.5) is 5.69 Å². The van der Waals surface area contributed by atoms with E-state index in [1.54, 1.807) is 0 Å². The van der Waals surface area contributed by atoms with Gasteiger partial charge in [-0.1, -0.05) is 58.0 Å². The van der Waals surface area contributed by atoms with Gasteiger partial charge in [0.15, 0.2) is 0 Å². The highest BCUT2D eigenvalue weighted by molar-refractivity contribution is 5.93. The molecule has 0 aliphatic heterocycles. The van der Waals surface area contributed by atoms with Crippen LogP contribution < -0.4 is 5.43 Å². The summed E-state index contributed by atoms with van der Waals surface area (Å²) in [6.45, 7) is 8.92. The Morgan fingerprint density at radius 1 is 1.00 bits per heavy atom. The van der Waals surface area contributed by atoms with Gasteiger partial charge in [-0.3, -0.25) is 5.43 Å². The highest BCUT2D eigenvalue weighted by Crippen LogP contribution is 2.37. The lowest BCUT2D eigenvalue weighted by atomic mass is 9.71. The van der Waals surface area contributed by atoms with Crippen LogP contribution in [0.5, 0.6) is 0 Å². The molecule has 18 heavy (non-hydrogen) atoms.